The van der Waals surface area contributed by atoms with Crippen molar-refractivity contribution in [2.75, 3.05) is 13.1 Å². The molecule has 0 aliphatic heterocycles. The molecule has 96 valence electrons. The number of hydrogen-bond acceptors (Lipinski definition) is 1. The SMILES string of the molecule is CC1CCCC1CNCCC1=CC(F)=CCC1. The summed E-state index contributed by atoms with van der Waals surface area (Å²) in [4.78, 5) is 0. The molecule has 0 aromatic carbocycles. The minimum atomic E-state index is -0.0457. The molecule has 2 heteroatoms. The zero-order valence-electron chi connectivity index (χ0n) is 10.8. The van der Waals surface area contributed by atoms with Crippen molar-refractivity contribution in [3.05, 3.63) is 23.6 Å². The van der Waals surface area contributed by atoms with Crippen LogP contribution >= 0.6 is 0 Å². The molecule has 1 saturated carbocycles. The Morgan fingerprint density at radius 2 is 2.29 bits per heavy atom. The first-order valence-corrected chi connectivity index (χ1v) is 7.01. The van der Waals surface area contributed by atoms with Crippen LogP contribution in [0.15, 0.2) is 23.6 Å². The van der Waals surface area contributed by atoms with Gasteiger partial charge in [0.2, 0.25) is 0 Å². The first-order chi connectivity index (χ1) is 8.25. The smallest absolute Gasteiger partial charge is 0.119 e. The number of rotatable bonds is 5. The van der Waals surface area contributed by atoms with Gasteiger partial charge in [0.25, 0.3) is 0 Å². The van der Waals surface area contributed by atoms with E-state index in [0.29, 0.717) is 0 Å². The lowest BCUT2D eigenvalue weighted by Gasteiger charge is -2.16. The molecule has 0 aromatic rings. The van der Waals surface area contributed by atoms with Gasteiger partial charge in [-0.05, 0) is 62.8 Å². The summed E-state index contributed by atoms with van der Waals surface area (Å²) in [6.07, 6.45) is 10.5. The van der Waals surface area contributed by atoms with E-state index in [1.165, 1.54) is 24.8 Å². The molecule has 2 rings (SSSR count). The van der Waals surface area contributed by atoms with E-state index in [2.05, 4.69) is 12.2 Å². The van der Waals surface area contributed by atoms with Gasteiger partial charge in [0.1, 0.15) is 5.83 Å². The van der Waals surface area contributed by atoms with Gasteiger partial charge in [-0.1, -0.05) is 25.3 Å². The Kier molecular flexibility index (Phi) is 4.78. The zero-order valence-corrected chi connectivity index (χ0v) is 10.8. The molecule has 2 aliphatic carbocycles. The molecule has 0 heterocycles. The molecule has 2 aliphatic rings. The molecule has 0 saturated heterocycles. The lowest BCUT2D eigenvalue weighted by atomic mass is 9.98. The highest BCUT2D eigenvalue weighted by Gasteiger charge is 2.22. The maximum atomic E-state index is 13.0. The van der Waals surface area contributed by atoms with E-state index in [4.69, 9.17) is 0 Å². The first-order valence-electron chi connectivity index (χ1n) is 7.01. The van der Waals surface area contributed by atoms with E-state index in [9.17, 15) is 4.39 Å². The van der Waals surface area contributed by atoms with Gasteiger partial charge < -0.3 is 5.32 Å². The summed E-state index contributed by atoms with van der Waals surface area (Å²) in [5.74, 6) is 1.71. The molecule has 0 spiro atoms. The summed E-state index contributed by atoms with van der Waals surface area (Å²) in [5.41, 5.74) is 1.26. The van der Waals surface area contributed by atoms with Crippen LogP contribution in [0.1, 0.15) is 45.4 Å². The molecular formula is C15H24FN. The van der Waals surface area contributed by atoms with Crippen LogP contribution < -0.4 is 5.32 Å². The highest BCUT2D eigenvalue weighted by molar-refractivity contribution is 5.22. The van der Waals surface area contributed by atoms with E-state index < -0.39 is 0 Å². The normalized spacial score (nSPS) is 29.1. The highest BCUT2D eigenvalue weighted by Crippen LogP contribution is 2.30. The Morgan fingerprint density at radius 1 is 1.41 bits per heavy atom. The Labute approximate surface area is 104 Å². The van der Waals surface area contributed by atoms with Crippen LogP contribution in [0.25, 0.3) is 0 Å². The Bertz CT molecular complexity index is 306. The van der Waals surface area contributed by atoms with Gasteiger partial charge in [-0.2, -0.15) is 0 Å². The van der Waals surface area contributed by atoms with Crippen molar-refractivity contribution >= 4 is 0 Å². The average molecular weight is 237 g/mol. The average Bonchev–Trinajstić information content (AvgIpc) is 2.71. The molecule has 1 fully saturated rings. The third kappa shape index (κ3) is 3.95. The number of nitrogens with one attached hydrogen (secondary N) is 1. The topological polar surface area (TPSA) is 12.0 Å². The van der Waals surface area contributed by atoms with Crippen LogP contribution in [0, 0.1) is 11.8 Å². The van der Waals surface area contributed by atoms with E-state index in [1.807, 2.05) is 0 Å². The largest absolute Gasteiger partial charge is 0.316 e. The van der Waals surface area contributed by atoms with Crippen LogP contribution in [0.2, 0.25) is 0 Å². The second-order valence-electron chi connectivity index (χ2n) is 5.55. The van der Waals surface area contributed by atoms with Crippen LogP contribution in [0.3, 0.4) is 0 Å². The van der Waals surface area contributed by atoms with Crippen LogP contribution in [-0.4, -0.2) is 13.1 Å². The summed E-state index contributed by atoms with van der Waals surface area (Å²) in [6.45, 7) is 4.51. The van der Waals surface area contributed by atoms with Crippen LogP contribution in [0.5, 0.6) is 0 Å². The molecule has 0 aromatic heterocycles. The quantitative estimate of drug-likeness (QED) is 0.713. The maximum absolute atomic E-state index is 13.0. The van der Waals surface area contributed by atoms with Crippen molar-refractivity contribution < 1.29 is 4.39 Å². The third-order valence-electron chi connectivity index (χ3n) is 4.22. The maximum Gasteiger partial charge on any atom is 0.119 e. The summed E-state index contributed by atoms with van der Waals surface area (Å²) in [5, 5.41) is 3.54. The molecule has 0 amide bonds. The van der Waals surface area contributed by atoms with Crippen molar-refractivity contribution in [3.8, 4) is 0 Å². The van der Waals surface area contributed by atoms with Crippen LogP contribution in [-0.2, 0) is 0 Å². The Balaban J connectivity index is 1.61. The monoisotopic (exact) mass is 237 g/mol. The van der Waals surface area contributed by atoms with E-state index >= 15 is 0 Å². The summed E-state index contributed by atoms with van der Waals surface area (Å²) in [7, 11) is 0. The third-order valence-corrected chi connectivity index (χ3v) is 4.22. The highest BCUT2D eigenvalue weighted by atomic mass is 19.1. The van der Waals surface area contributed by atoms with Gasteiger partial charge in [-0.25, -0.2) is 4.39 Å². The number of allylic oxidation sites excluding steroid dienone is 3. The van der Waals surface area contributed by atoms with E-state index in [0.717, 1.165) is 44.2 Å². The van der Waals surface area contributed by atoms with Crippen LogP contribution in [0.4, 0.5) is 4.39 Å². The minimum absolute atomic E-state index is 0.0457. The number of hydrogen-bond donors (Lipinski definition) is 1. The van der Waals surface area contributed by atoms with Crippen molar-refractivity contribution in [3.63, 3.8) is 0 Å². The zero-order chi connectivity index (χ0) is 12.1. The lowest BCUT2D eigenvalue weighted by Crippen LogP contribution is -2.25. The number of halogens is 1. The Morgan fingerprint density at radius 3 is 3.00 bits per heavy atom. The lowest BCUT2D eigenvalue weighted by molar-refractivity contribution is 0.393. The summed E-state index contributed by atoms with van der Waals surface area (Å²) < 4.78 is 13.0. The fraction of sp³-hybridized carbons (Fsp3) is 0.733. The molecule has 17 heavy (non-hydrogen) atoms. The van der Waals surface area contributed by atoms with Crippen molar-refractivity contribution in [2.24, 2.45) is 11.8 Å². The first kappa shape index (κ1) is 12.8. The van der Waals surface area contributed by atoms with Gasteiger partial charge in [-0.3, -0.25) is 0 Å². The second-order valence-corrected chi connectivity index (χ2v) is 5.55. The van der Waals surface area contributed by atoms with Gasteiger partial charge in [0.15, 0.2) is 0 Å². The van der Waals surface area contributed by atoms with Gasteiger partial charge >= 0.3 is 0 Å². The molecular weight excluding hydrogens is 213 g/mol. The predicted octanol–water partition coefficient (Wildman–Crippen LogP) is 3.98. The van der Waals surface area contributed by atoms with Gasteiger partial charge in [0, 0.05) is 0 Å². The predicted molar refractivity (Wildman–Crippen MR) is 70.5 cm³/mol. The standard InChI is InChI=1S/C15H24FN/c1-12-4-2-6-14(12)11-17-9-8-13-5-3-7-15(16)10-13/h7,10,12,14,17H,2-6,8-9,11H2,1H3. The molecule has 2 atom stereocenters. The molecule has 0 radical (unpaired) electrons. The van der Waals surface area contributed by atoms with Crippen molar-refractivity contribution in [1.29, 1.82) is 0 Å². The Hall–Kier alpha value is -0.630. The summed E-state index contributed by atoms with van der Waals surface area (Å²) in [6, 6.07) is 0. The molecule has 1 N–H and O–H groups in total. The molecule has 0 bridgehead atoms. The van der Waals surface area contributed by atoms with Gasteiger partial charge in [0.05, 0.1) is 0 Å². The fourth-order valence-electron chi connectivity index (χ4n) is 2.98. The summed E-state index contributed by atoms with van der Waals surface area (Å²) >= 11 is 0. The van der Waals surface area contributed by atoms with Crippen molar-refractivity contribution in [1.82, 2.24) is 5.32 Å². The van der Waals surface area contributed by atoms with E-state index in [1.54, 1.807) is 12.2 Å². The molecule has 2 unspecified atom stereocenters. The van der Waals surface area contributed by atoms with Gasteiger partial charge in [-0.15, -0.1) is 0 Å². The van der Waals surface area contributed by atoms with Crippen molar-refractivity contribution in [2.45, 2.75) is 45.4 Å². The van der Waals surface area contributed by atoms with E-state index in [-0.39, 0.29) is 5.83 Å². The minimum Gasteiger partial charge on any atom is -0.316 e. The fourth-order valence-corrected chi connectivity index (χ4v) is 2.98. The second kappa shape index (κ2) is 6.34. The molecule has 1 nitrogen and oxygen atoms in total.